The lowest BCUT2D eigenvalue weighted by Crippen LogP contribution is -2.36. The Morgan fingerprint density at radius 3 is 2.61 bits per heavy atom. The molecule has 0 unspecified atom stereocenters. The third-order valence-electron chi connectivity index (χ3n) is 4.31. The maximum Gasteiger partial charge on any atom is 0.277 e. The molecule has 1 saturated heterocycles. The number of carbonyl (C=O) groups is 1. The van der Waals surface area contributed by atoms with E-state index in [0.29, 0.717) is 12.0 Å². The molecule has 116 valence electrons. The highest BCUT2D eigenvalue weighted by molar-refractivity contribution is 6.15. The average molecular weight is 307 g/mol. The minimum atomic E-state index is -0.159. The van der Waals surface area contributed by atoms with E-state index in [4.69, 9.17) is 4.74 Å². The summed E-state index contributed by atoms with van der Waals surface area (Å²) in [5, 5.41) is 0. The number of pyridine rings is 1. The van der Waals surface area contributed by atoms with E-state index in [0.717, 1.165) is 48.8 Å². The van der Waals surface area contributed by atoms with Crippen LogP contribution in [0.2, 0.25) is 0 Å². The molecule has 23 heavy (non-hydrogen) atoms. The zero-order chi connectivity index (χ0) is 15.6. The average Bonchev–Trinajstić information content (AvgIpc) is 2.63. The van der Waals surface area contributed by atoms with Gasteiger partial charge >= 0.3 is 0 Å². The molecule has 1 aromatic carbocycles. The molecule has 0 spiro atoms. The highest BCUT2D eigenvalue weighted by atomic mass is 16.5. The SMILES string of the molecule is O=C1N=C(c2ccncc2)Cc2ccc(N3CCOCC3)cc21. The first-order chi connectivity index (χ1) is 11.3. The Kier molecular flexibility index (Phi) is 3.63. The molecule has 0 atom stereocenters. The standard InChI is InChI=1S/C18H17N3O2/c22-18-16-12-15(21-7-9-23-10-8-21)2-1-14(16)11-17(20-18)13-3-5-19-6-4-13/h1-6,12H,7-11H2. The van der Waals surface area contributed by atoms with Gasteiger partial charge in [-0.05, 0) is 35.4 Å². The van der Waals surface area contributed by atoms with Crippen LogP contribution in [0, 0.1) is 0 Å². The number of morpholine rings is 1. The van der Waals surface area contributed by atoms with Crippen LogP contribution in [0.25, 0.3) is 0 Å². The maximum atomic E-state index is 12.5. The monoisotopic (exact) mass is 307 g/mol. The molecular weight excluding hydrogens is 290 g/mol. The fourth-order valence-electron chi connectivity index (χ4n) is 3.05. The molecule has 5 heteroatoms. The van der Waals surface area contributed by atoms with Crippen LogP contribution in [0.5, 0.6) is 0 Å². The van der Waals surface area contributed by atoms with Gasteiger partial charge in [0.15, 0.2) is 0 Å². The third-order valence-corrected chi connectivity index (χ3v) is 4.31. The van der Waals surface area contributed by atoms with E-state index in [-0.39, 0.29) is 5.91 Å². The molecular formula is C18H17N3O2. The molecule has 0 saturated carbocycles. The number of benzene rings is 1. The number of amides is 1. The molecule has 4 rings (SSSR count). The molecule has 5 nitrogen and oxygen atoms in total. The topological polar surface area (TPSA) is 54.8 Å². The van der Waals surface area contributed by atoms with E-state index in [1.54, 1.807) is 12.4 Å². The Balaban J connectivity index is 1.64. The summed E-state index contributed by atoms with van der Waals surface area (Å²) in [4.78, 5) is 23.0. The van der Waals surface area contributed by atoms with Crippen LogP contribution in [0.1, 0.15) is 21.5 Å². The van der Waals surface area contributed by atoms with Crippen molar-refractivity contribution in [1.82, 2.24) is 4.98 Å². The molecule has 1 fully saturated rings. The number of carbonyl (C=O) groups excluding carboxylic acids is 1. The first kappa shape index (κ1) is 14.1. The molecule has 0 aliphatic carbocycles. The zero-order valence-corrected chi connectivity index (χ0v) is 12.7. The summed E-state index contributed by atoms with van der Waals surface area (Å²) in [7, 11) is 0. The molecule has 1 amide bonds. The van der Waals surface area contributed by atoms with E-state index in [1.807, 2.05) is 24.3 Å². The minimum absolute atomic E-state index is 0.159. The highest BCUT2D eigenvalue weighted by Crippen LogP contribution is 2.25. The number of rotatable bonds is 2. The molecule has 0 radical (unpaired) electrons. The number of aromatic nitrogens is 1. The lowest BCUT2D eigenvalue weighted by molar-refractivity contribution is 0.1000. The molecule has 2 aromatic rings. The van der Waals surface area contributed by atoms with Gasteiger partial charge in [0, 0.05) is 43.2 Å². The van der Waals surface area contributed by atoms with Gasteiger partial charge in [0.1, 0.15) is 0 Å². The molecule has 2 aliphatic heterocycles. The summed E-state index contributed by atoms with van der Waals surface area (Å²) in [6.45, 7) is 3.18. The van der Waals surface area contributed by atoms with E-state index in [2.05, 4.69) is 20.9 Å². The van der Waals surface area contributed by atoms with Gasteiger partial charge in [-0.3, -0.25) is 9.78 Å². The fraction of sp³-hybridized carbons (Fsp3) is 0.278. The summed E-state index contributed by atoms with van der Waals surface area (Å²) in [5.41, 5.74) is 4.59. The molecule has 1 aromatic heterocycles. The number of aliphatic imine (C=N–C) groups is 1. The quantitative estimate of drug-likeness (QED) is 0.852. The molecule has 3 heterocycles. The Bertz CT molecular complexity index is 765. The van der Waals surface area contributed by atoms with Gasteiger partial charge < -0.3 is 9.64 Å². The zero-order valence-electron chi connectivity index (χ0n) is 12.7. The van der Waals surface area contributed by atoms with E-state index in [1.165, 1.54) is 0 Å². The number of hydrogen-bond acceptors (Lipinski definition) is 4. The van der Waals surface area contributed by atoms with Crippen molar-refractivity contribution >= 4 is 17.3 Å². The van der Waals surface area contributed by atoms with Gasteiger partial charge in [-0.1, -0.05) is 6.07 Å². The Hall–Kier alpha value is -2.53. The number of ether oxygens (including phenoxy) is 1. The van der Waals surface area contributed by atoms with Crippen LogP contribution in [0.3, 0.4) is 0 Å². The second kappa shape index (κ2) is 5.93. The summed E-state index contributed by atoms with van der Waals surface area (Å²) >= 11 is 0. The van der Waals surface area contributed by atoms with E-state index >= 15 is 0 Å². The summed E-state index contributed by atoms with van der Waals surface area (Å²) in [5.74, 6) is -0.159. The van der Waals surface area contributed by atoms with Crippen molar-refractivity contribution in [3.8, 4) is 0 Å². The van der Waals surface area contributed by atoms with Gasteiger partial charge in [-0.25, -0.2) is 4.99 Å². The van der Waals surface area contributed by atoms with Crippen LogP contribution >= 0.6 is 0 Å². The fourth-order valence-corrected chi connectivity index (χ4v) is 3.05. The van der Waals surface area contributed by atoms with Crippen molar-refractivity contribution in [3.05, 3.63) is 59.4 Å². The lowest BCUT2D eigenvalue weighted by atomic mass is 9.94. The number of nitrogens with zero attached hydrogens (tertiary/aromatic N) is 3. The van der Waals surface area contributed by atoms with Crippen LogP contribution in [-0.4, -0.2) is 42.9 Å². The van der Waals surface area contributed by atoms with Crippen molar-refractivity contribution in [1.29, 1.82) is 0 Å². The molecule has 0 N–H and O–H groups in total. The Labute approximate surface area is 134 Å². The van der Waals surface area contributed by atoms with Crippen molar-refractivity contribution in [2.24, 2.45) is 4.99 Å². The van der Waals surface area contributed by atoms with Crippen LogP contribution in [0.15, 0.2) is 47.7 Å². The highest BCUT2D eigenvalue weighted by Gasteiger charge is 2.22. The lowest BCUT2D eigenvalue weighted by Gasteiger charge is -2.29. The van der Waals surface area contributed by atoms with Crippen LogP contribution in [0.4, 0.5) is 5.69 Å². The van der Waals surface area contributed by atoms with Crippen molar-refractivity contribution in [3.63, 3.8) is 0 Å². The predicted octanol–water partition coefficient (Wildman–Crippen LogP) is 2.10. The van der Waals surface area contributed by atoms with Crippen LogP contribution < -0.4 is 4.90 Å². The minimum Gasteiger partial charge on any atom is -0.378 e. The largest absolute Gasteiger partial charge is 0.378 e. The maximum absolute atomic E-state index is 12.5. The summed E-state index contributed by atoms with van der Waals surface area (Å²) in [6.07, 6.45) is 4.12. The molecule has 0 bridgehead atoms. The van der Waals surface area contributed by atoms with Crippen molar-refractivity contribution in [2.45, 2.75) is 6.42 Å². The summed E-state index contributed by atoms with van der Waals surface area (Å²) < 4.78 is 5.38. The first-order valence-corrected chi connectivity index (χ1v) is 7.79. The molecule has 2 aliphatic rings. The Morgan fingerprint density at radius 2 is 1.83 bits per heavy atom. The number of hydrogen-bond donors (Lipinski definition) is 0. The van der Waals surface area contributed by atoms with Gasteiger partial charge in [-0.15, -0.1) is 0 Å². The smallest absolute Gasteiger partial charge is 0.277 e. The van der Waals surface area contributed by atoms with Crippen molar-refractivity contribution in [2.75, 3.05) is 31.2 Å². The van der Waals surface area contributed by atoms with Gasteiger partial charge in [0.2, 0.25) is 0 Å². The van der Waals surface area contributed by atoms with Crippen molar-refractivity contribution < 1.29 is 9.53 Å². The third kappa shape index (κ3) is 2.75. The summed E-state index contributed by atoms with van der Waals surface area (Å²) in [6, 6.07) is 9.88. The Morgan fingerprint density at radius 1 is 1.04 bits per heavy atom. The first-order valence-electron chi connectivity index (χ1n) is 7.79. The normalized spacial score (nSPS) is 17.7. The van der Waals surface area contributed by atoms with E-state index in [9.17, 15) is 4.79 Å². The second-order valence-corrected chi connectivity index (χ2v) is 5.72. The van der Waals surface area contributed by atoms with Gasteiger partial charge in [0.05, 0.1) is 18.9 Å². The van der Waals surface area contributed by atoms with Gasteiger partial charge in [0.25, 0.3) is 5.91 Å². The van der Waals surface area contributed by atoms with E-state index < -0.39 is 0 Å². The predicted molar refractivity (Wildman–Crippen MR) is 88.3 cm³/mol. The van der Waals surface area contributed by atoms with Gasteiger partial charge in [-0.2, -0.15) is 0 Å². The van der Waals surface area contributed by atoms with Crippen LogP contribution in [-0.2, 0) is 11.2 Å². The number of anilines is 1. The number of fused-ring (bicyclic) bond motifs is 1. The second-order valence-electron chi connectivity index (χ2n) is 5.72.